The number of hydrogen-bond donors (Lipinski definition) is 1. The fraction of sp³-hybridized carbons (Fsp3) is 0.455. The van der Waals surface area contributed by atoms with Gasteiger partial charge in [0.25, 0.3) is 5.95 Å². The molecule has 3 amide bonds. The third kappa shape index (κ3) is 4.39. The van der Waals surface area contributed by atoms with Crippen molar-refractivity contribution in [3.63, 3.8) is 0 Å². The van der Waals surface area contributed by atoms with Gasteiger partial charge in [0.1, 0.15) is 0 Å². The summed E-state index contributed by atoms with van der Waals surface area (Å²) in [6.45, 7) is 0. The SMILES string of the molecule is COC(=O)Nc1nc(N(C)C)nc(N(C(=O)OC)C(=O)OC)n1. The lowest BCUT2D eigenvalue weighted by atomic mass is 10.7. The Hall–Kier alpha value is -3.18. The van der Waals surface area contributed by atoms with E-state index in [1.54, 1.807) is 14.1 Å². The molecule has 0 bridgehead atoms. The Morgan fingerprint density at radius 1 is 0.870 bits per heavy atom. The Morgan fingerprint density at radius 3 is 1.83 bits per heavy atom. The molecule has 1 rings (SSSR count). The molecule has 0 saturated carbocycles. The van der Waals surface area contributed by atoms with Crippen molar-refractivity contribution in [1.82, 2.24) is 15.0 Å². The highest BCUT2D eigenvalue weighted by atomic mass is 16.6. The molecule has 0 unspecified atom stereocenters. The molecule has 0 saturated heterocycles. The Labute approximate surface area is 131 Å². The molecule has 0 aliphatic heterocycles. The second-order valence-corrected chi connectivity index (χ2v) is 4.05. The van der Waals surface area contributed by atoms with E-state index in [0.29, 0.717) is 4.90 Å². The van der Waals surface area contributed by atoms with Gasteiger partial charge in [0.05, 0.1) is 21.3 Å². The van der Waals surface area contributed by atoms with Crippen molar-refractivity contribution in [2.45, 2.75) is 0 Å². The van der Waals surface area contributed by atoms with Crippen LogP contribution in [0.3, 0.4) is 0 Å². The summed E-state index contributed by atoms with van der Waals surface area (Å²) in [4.78, 5) is 48.4. The van der Waals surface area contributed by atoms with Crippen molar-refractivity contribution in [1.29, 1.82) is 0 Å². The standard InChI is InChI=1S/C11H16N6O6/c1-16(2)7-12-6(14-9(18)21-3)13-8(15-7)17(10(19)22-4)11(20)23-5/h1-5H3,(H,12,13,14,15,18). The van der Waals surface area contributed by atoms with Crippen molar-refractivity contribution < 1.29 is 28.6 Å². The lowest BCUT2D eigenvalue weighted by molar-refractivity contribution is 0.159. The van der Waals surface area contributed by atoms with Crippen molar-refractivity contribution in [3.8, 4) is 0 Å². The molecule has 0 radical (unpaired) electrons. The Kier molecular flexibility index (Phi) is 6.00. The van der Waals surface area contributed by atoms with Crippen LogP contribution >= 0.6 is 0 Å². The number of ether oxygens (including phenoxy) is 3. The van der Waals surface area contributed by atoms with Crippen LogP contribution in [0, 0.1) is 0 Å². The molecule has 0 spiro atoms. The van der Waals surface area contributed by atoms with Crippen LogP contribution in [0.25, 0.3) is 0 Å². The van der Waals surface area contributed by atoms with Crippen LogP contribution in [-0.2, 0) is 14.2 Å². The number of anilines is 3. The first kappa shape index (κ1) is 17.9. The van der Waals surface area contributed by atoms with Crippen molar-refractivity contribution in [2.24, 2.45) is 0 Å². The van der Waals surface area contributed by atoms with Gasteiger partial charge in [0.15, 0.2) is 0 Å². The highest BCUT2D eigenvalue weighted by molar-refractivity contribution is 6.07. The molecule has 0 aromatic carbocycles. The van der Waals surface area contributed by atoms with Gasteiger partial charge in [-0.05, 0) is 0 Å². The maximum atomic E-state index is 11.8. The smallest absolute Gasteiger partial charge is 0.426 e. The predicted octanol–water partition coefficient (Wildman–Crippen LogP) is 0.455. The van der Waals surface area contributed by atoms with Gasteiger partial charge in [-0.1, -0.05) is 0 Å². The largest absolute Gasteiger partial charge is 0.453 e. The molecule has 1 N–H and O–H groups in total. The topological polar surface area (TPSA) is 136 Å². The molecule has 23 heavy (non-hydrogen) atoms. The molecule has 0 fully saturated rings. The third-order valence-corrected chi connectivity index (χ3v) is 2.33. The average molecular weight is 328 g/mol. The lowest BCUT2D eigenvalue weighted by Crippen LogP contribution is -2.38. The van der Waals surface area contributed by atoms with Gasteiger partial charge < -0.3 is 19.1 Å². The number of nitrogens with zero attached hydrogens (tertiary/aromatic N) is 5. The van der Waals surface area contributed by atoms with E-state index in [4.69, 9.17) is 0 Å². The first-order chi connectivity index (χ1) is 10.8. The van der Waals surface area contributed by atoms with Crippen LogP contribution in [0.5, 0.6) is 0 Å². The average Bonchev–Trinajstić information content (AvgIpc) is 2.54. The van der Waals surface area contributed by atoms with E-state index in [2.05, 4.69) is 34.5 Å². The van der Waals surface area contributed by atoms with E-state index >= 15 is 0 Å². The normalized spacial score (nSPS) is 9.61. The van der Waals surface area contributed by atoms with E-state index in [1.165, 1.54) is 4.90 Å². The molecule has 1 aromatic heterocycles. The lowest BCUT2D eigenvalue weighted by Gasteiger charge is -2.18. The number of hydrogen-bond acceptors (Lipinski definition) is 10. The van der Waals surface area contributed by atoms with Gasteiger partial charge in [-0.3, -0.25) is 5.32 Å². The van der Waals surface area contributed by atoms with Crippen LogP contribution in [-0.4, -0.2) is 68.7 Å². The number of carbonyl (C=O) groups is 3. The number of nitrogens with one attached hydrogen (secondary N) is 1. The van der Waals surface area contributed by atoms with Gasteiger partial charge in [0, 0.05) is 14.1 Å². The number of imide groups is 1. The zero-order chi connectivity index (χ0) is 17.6. The summed E-state index contributed by atoms with van der Waals surface area (Å²) in [7, 11) is 6.52. The fourth-order valence-electron chi connectivity index (χ4n) is 1.27. The predicted molar refractivity (Wildman–Crippen MR) is 77.5 cm³/mol. The summed E-state index contributed by atoms with van der Waals surface area (Å²) in [5.74, 6) is -0.559. The Balaban J connectivity index is 3.38. The number of aromatic nitrogens is 3. The Bertz CT molecular complexity index is 591. The molecule has 0 aliphatic rings. The minimum atomic E-state index is -1.07. The van der Waals surface area contributed by atoms with Crippen LogP contribution in [0.1, 0.15) is 0 Å². The summed E-state index contributed by atoms with van der Waals surface area (Å²) in [6, 6.07) is 0. The zero-order valence-corrected chi connectivity index (χ0v) is 13.2. The van der Waals surface area contributed by atoms with Crippen LogP contribution < -0.4 is 15.1 Å². The molecule has 126 valence electrons. The maximum Gasteiger partial charge on any atom is 0.426 e. The van der Waals surface area contributed by atoms with Gasteiger partial charge in [-0.25, -0.2) is 14.4 Å². The fourth-order valence-corrected chi connectivity index (χ4v) is 1.27. The highest BCUT2D eigenvalue weighted by Crippen LogP contribution is 2.17. The minimum absolute atomic E-state index is 0.0687. The minimum Gasteiger partial charge on any atom is -0.453 e. The first-order valence-corrected chi connectivity index (χ1v) is 6.08. The number of amides is 3. The van der Waals surface area contributed by atoms with Gasteiger partial charge in [-0.15, -0.1) is 4.90 Å². The molecule has 12 nitrogen and oxygen atoms in total. The van der Waals surface area contributed by atoms with E-state index in [-0.39, 0.29) is 11.9 Å². The van der Waals surface area contributed by atoms with E-state index in [0.717, 1.165) is 21.3 Å². The van der Waals surface area contributed by atoms with E-state index in [1.807, 2.05) is 0 Å². The number of rotatable bonds is 3. The van der Waals surface area contributed by atoms with Crippen LogP contribution in [0.4, 0.5) is 32.2 Å². The quantitative estimate of drug-likeness (QED) is 0.779. The molecule has 0 atom stereocenters. The molecular formula is C11H16N6O6. The van der Waals surface area contributed by atoms with Crippen molar-refractivity contribution in [2.75, 3.05) is 50.5 Å². The summed E-state index contributed by atoms with van der Waals surface area (Å²) >= 11 is 0. The summed E-state index contributed by atoms with van der Waals surface area (Å²) in [5.41, 5.74) is 0. The summed E-state index contributed by atoms with van der Waals surface area (Å²) in [5, 5.41) is 2.22. The second-order valence-electron chi connectivity index (χ2n) is 4.05. The Morgan fingerprint density at radius 2 is 1.39 bits per heavy atom. The van der Waals surface area contributed by atoms with Gasteiger partial charge >= 0.3 is 18.3 Å². The maximum absolute atomic E-state index is 11.8. The molecule has 0 aliphatic carbocycles. The molecule has 1 heterocycles. The number of carbonyl (C=O) groups excluding carboxylic acids is 3. The molecule has 12 heteroatoms. The second kappa shape index (κ2) is 7.72. The monoisotopic (exact) mass is 328 g/mol. The van der Waals surface area contributed by atoms with E-state index < -0.39 is 24.2 Å². The van der Waals surface area contributed by atoms with E-state index in [9.17, 15) is 14.4 Å². The van der Waals surface area contributed by atoms with Gasteiger partial charge in [-0.2, -0.15) is 15.0 Å². The first-order valence-electron chi connectivity index (χ1n) is 6.08. The number of methoxy groups -OCH3 is 3. The zero-order valence-electron chi connectivity index (χ0n) is 13.2. The third-order valence-electron chi connectivity index (χ3n) is 2.33. The molecular weight excluding hydrogens is 312 g/mol. The summed E-state index contributed by atoms with van der Waals surface area (Å²) in [6.07, 6.45) is -2.98. The summed E-state index contributed by atoms with van der Waals surface area (Å²) < 4.78 is 13.4. The van der Waals surface area contributed by atoms with Gasteiger partial charge in [0.2, 0.25) is 11.9 Å². The highest BCUT2D eigenvalue weighted by Gasteiger charge is 2.29. The van der Waals surface area contributed by atoms with Crippen molar-refractivity contribution in [3.05, 3.63) is 0 Å². The van der Waals surface area contributed by atoms with Crippen LogP contribution in [0.15, 0.2) is 0 Å². The van der Waals surface area contributed by atoms with Crippen LogP contribution in [0.2, 0.25) is 0 Å². The van der Waals surface area contributed by atoms with Crippen molar-refractivity contribution >= 4 is 36.1 Å². The molecule has 1 aromatic rings.